The van der Waals surface area contributed by atoms with Crippen molar-refractivity contribution in [3.8, 4) is 0 Å². The van der Waals surface area contributed by atoms with Gasteiger partial charge < -0.3 is 5.32 Å². The second-order valence-corrected chi connectivity index (χ2v) is 6.38. The molecule has 1 N–H and O–H groups in total. The third kappa shape index (κ3) is 2.88. The molecule has 1 atom stereocenters. The Morgan fingerprint density at radius 1 is 1.26 bits per heavy atom. The van der Waals surface area contributed by atoms with Crippen LogP contribution < -0.4 is 5.32 Å². The van der Waals surface area contributed by atoms with Gasteiger partial charge in [0.05, 0.1) is 6.04 Å². The highest BCUT2D eigenvalue weighted by molar-refractivity contribution is 7.09. The Hall–Kier alpha value is -1.19. The largest absolute Gasteiger partial charge is 0.305 e. The number of benzene rings is 1. The molecule has 1 aromatic heterocycles. The van der Waals surface area contributed by atoms with E-state index in [0.717, 1.165) is 11.6 Å². The van der Waals surface area contributed by atoms with Crippen molar-refractivity contribution in [3.63, 3.8) is 0 Å². The third-order valence-corrected chi connectivity index (χ3v) is 5.05. The number of aryl methyl sites for hydroxylation is 1. The molecule has 3 heteroatoms. The average molecular weight is 272 g/mol. The molecule has 1 aliphatic carbocycles. The lowest BCUT2D eigenvalue weighted by molar-refractivity contribution is 0.270. The number of rotatable bonds is 4. The van der Waals surface area contributed by atoms with Crippen LogP contribution in [-0.4, -0.2) is 11.0 Å². The maximum Gasteiger partial charge on any atom is 0.110 e. The average Bonchev–Trinajstić information content (AvgIpc) is 2.81. The normalized spacial score (nSPS) is 23.9. The fourth-order valence-electron chi connectivity index (χ4n) is 2.75. The number of nitrogens with one attached hydrogen (secondary N) is 1. The summed E-state index contributed by atoms with van der Waals surface area (Å²) in [6.45, 7) is 4.27. The predicted octanol–water partition coefficient (Wildman–Crippen LogP) is 4.05. The van der Waals surface area contributed by atoms with Crippen molar-refractivity contribution in [2.45, 2.75) is 44.7 Å². The Morgan fingerprint density at radius 2 is 2.00 bits per heavy atom. The molecule has 0 radical (unpaired) electrons. The highest BCUT2D eigenvalue weighted by atomic mass is 32.1. The Labute approximate surface area is 118 Å². The topological polar surface area (TPSA) is 24.9 Å². The van der Waals surface area contributed by atoms with Gasteiger partial charge in [0, 0.05) is 17.1 Å². The van der Waals surface area contributed by atoms with Gasteiger partial charge in [-0.3, -0.25) is 0 Å². The number of hydrogen-bond acceptors (Lipinski definition) is 3. The zero-order chi connectivity index (χ0) is 13.2. The van der Waals surface area contributed by atoms with Gasteiger partial charge in [-0.1, -0.05) is 30.3 Å². The van der Waals surface area contributed by atoms with Crippen molar-refractivity contribution in [3.05, 3.63) is 52.0 Å². The molecule has 1 aliphatic rings. The Bertz CT molecular complexity index is 529. The van der Waals surface area contributed by atoms with E-state index in [-0.39, 0.29) is 0 Å². The maximum atomic E-state index is 4.56. The minimum Gasteiger partial charge on any atom is -0.305 e. The van der Waals surface area contributed by atoms with Crippen molar-refractivity contribution in [1.29, 1.82) is 0 Å². The summed E-state index contributed by atoms with van der Waals surface area (Å²) < 4.78 is 0. The summed E-state index contributed by atoms with van der Waals surface area (Å²) in [7, 11) is 0. The molecule has 1 fully saturated rings. The van der Waals surface area contributed by atoms with Crippen molar-refractivity contribution in [2.24, 2.45) is 0 Å². The highest BCUT2D eigenvalue weighted by Crippen LogP contribution is 2.37. The van der Waals surface area contributed by atoms with Gasteiger partial charge in [-0.05, 0) is 38.2 Å². The zero-order valence-corrected chi connectivity index (χ0v) is 12.3. The van der Waals surface area contributed by atoms with Crippen LogP contribution in [0, 0.1) is 6.92 Å². The second kappa shape index (κ2) is 5.43. The van der Waals surface area contributed by atoms with Gasteiger partial charge in [0.25, 0.3) is 0 Å². The summed E-state index contributed by atoms with van der Waals surface area (Å²) in [5, 5.41) is 7.03. The minimum absolute atomic E-state index is 0.375. The third-order valence-electron chi connectivity index (χ3n) is 3.90. The maximum absolute atomic E-state index is 4.56. The van der Waals surface area contributed by atoms with Gasteiger partial charge in [-0.25, -0.2) is 4.98 Å². The standard InChI is InChI=1S/C16H20N2S/c1-11-10-19-16(17-11)12(2)18-15-8-14(9-15)13-6-4-3-5-7-13/h3-7,10,12,14-15,18H,8-9H2,1-2H3. The number of thiazole rings is 1. The summed E-state index contributed by atoms with van der Waals surface area (Å²) in [5.41, 5.74) is 2.61. The SMILES string of the molecule is Cc1csc(C(C)NC2CC(c3ccccc3)C2)n1. The van der Waals surface area contributed by atoms with E-state index in [9.17, 15) is 0 Å². The first-order valence-corrected chi connectivity index (χ1v) is 7.83. The van der Waals surface area contributed by atoms with Gasteiger partial charge in [0.1, 0.15) is 5.01 Å². The van der Waals surface area contributed by atoms with Crippen LogP contribution in [0.15, 0.2) is 35.7 Å². The van der Waals surface area contributed by atoms with E-state index in [1.165, 1.54) is 23.4 Å². The van der Waals surface area contributed by atoms with Crippen LogP contribution in [-0.2, 0) is 0 Å². The fraction of sp³-hybridized carbons (Fsp3) is 0.438. The molecule has 0 saturated heterocycles. The summed E-state index contributed by atoms with van der Waals surface area (Å²) in [5.74, 6) is 0.740. The van der Waals surface area contributed by atoms with Gasteiger partial charge in [0.2, 0.25) is 0 Å². The molecule has 19 heavy (non-hydrogen) atoms. The molecule has 0 spiro atoms. The highest BCUT2D eigenvalue weighted by Gasteiger charge is 2.31. The van der Waals surface area contributed by atoms with Crippen LogP contribution in [0.5, 0.6) is 0 Å². The van der Waals surface area contributed by atoms with Gasteiger partial charge >= 0.3 is 0 Å². The van der Waals surface area contributed by atoms with Crippen LogP contribution in [0.1, 0.15) is 48.0 Å². The van der Waals surface area contributed by atoms with E-state index in [1.807, 2.05) is 0 Å². The Morgan fingerprint density at radius 3 is 2.63 bits per heavy atom. The van der Waals surface area contributed by atoms with Crippen LogP contribution in [0.2, 0.25) is 0 Å². The van der Waals surface area contributed by atoms with Crippen LogP contribution in [0.4, 0.5) is 0 Å². The summed E-state index contributed by atoms with van der Waals surface area (Å²) in [6.07, 6.45) is 2.50. The smallest absolute Gasteiger partial charge is 0.110 e. The van der Waals surface area contributed by atoms with E-state index in [4.69, 9.17) is 0 Å². The molecule has 1 saturated carbocycles. The Kier molecular flexibility index (Phi) is 3.67. The van der Waals surface area contributed by atoms with E-state index >= 15 is 0 Å². The molecule has 2 aromatic rings. The van der Waals surface area contributed by atoms with Gasteiger partial charge in [0.15, 0.2) is 0 Å². The van der Waals surface area contributed by atoms with Crippen molar-refractivity contribution in [2.75, 3.05) is 0 Å². The molecular formula is C16H20N2S. The van der Waals surface area contributed by atoms with Crippen LogP contribution in [0.25, 0.3) is 0 Å². The first-order chi connectivity index (χ1) is 9.22. The van der Waals surface area contributed by atoms with Gasteiger partial charge in [-0.2, -0.15) is 0 Å². The lowest BCUT2D eigenvalue weighted by Gasteiger charge is -2.37. The zero-order valence-electron chi connectivity index (χ0n) is 11.5. The van der Waals surface area contributed by atoms with Crippen LogP contribution >= 0.6 is 11.3 Å². The van der Waals surface area contributed by atoms with Crippen molar-refractivity contribution >= 4 is 11.3 Å². The number of nitrogens with zero attached hydrogens (tertiary/aromatic N) is 1. The number of aromatic nitrogens is 1. The van der Waals surface area contributed by atoms with E-state index < -0.39 is 0 Å². The molecule has 0 amide bonds. The van der Waals surface area contributed by atoms with Crippen molar-refractivity contribution in [1.82, 2.24) is 10.3 Å². The van der Waals surface area contributed by atoms with E-state index in [2.05, 4.69) is 59.9 Å². The molecule has 1 heterocycles. The first-order valence-electron chi connectivity index (χ1n) is 6.95. The molecule has 1 unspecified atom stereocenters. The molecule has 0 aliphatic heterocycles. The minimum atomic E-state index is 0.375. The monoisotopic (exact) mass is 272 g/mol. The molecular weight excluding hydrogens is 252 g/mol. The van der Waals surface area contributed by atoms with E-state index in [1.54, 1.807) is 11.3 Å². The van der Waals surface area contributed by atoms with Crippen LogP contribution in [0.3, 0.4) is 0 Å². The predicted molar refractivity (Wildman–Crippen MR) is 80.6 cm³/mol. The fourth-order valence-corrected chi connectivity index (χ4v) is 3.56. The molecule has 0 bridgehead atoms. The molecule has 3 rings (SSSR count). The molecule has 2 nitrogen and oxygen atoms in total. The lowest BCUT2D eigenvalue weighted by Crippen LogP contribution is -2.41. The Balaban J connectivity index is 1.52. The number of hydrogen-bond donors (Lipinski definition) is 1. The summed E-state index contributed by atoms with van der Waals surface area (Å²) in [6, 6.07) is 11.9. The molecule has 100 valence electrons. The van der Waals surface area contributed by atoms with Crippen molar-refractivity contribution < 1.29 is 0 Å². The summed E-state index contributed by atoms with van der Waals surface area (Å²) >= 11 is 1.76. The lowest BCUT2D eigenvalue weighted by atomic mass is 9.75. The first kappa shape index (κ1) is 12.8. The summed E-state index contributed by atoms with van der Waals surface area (Å²) in [4.78, 5) is 4.56. The van der Waals surface area contributed by atoms with E-state index in [0.29, 0.717) is 12.1 Å². The molecule has 1 aromatic carbocycles. The quantitative estimate of drug-likeness (QED) is 0.908. The van der Waals surface area contributed by atoms with Gasteiger partial charge in [-0.15, -0.1) is 11.3 Å². The second-order valence-electron chi connectivity index (χ2n) is 5.49.